The van der Waals surface area contributed by atoms with Crippen LogP contribution in [0.15, 0.2) is 0 Å². The maximum Gasteiger partial charge on any atom is 0.407 e. The van der Waals surface area contributed by atoms with Gasteiger partial charge in [0.25, 0.3) is 0 Å². The third kappa shape index (κ3) is 8.27. The normalized spacial score (nSPS) is 13.5. The van der Waals surface area contributed by atoms with Crippen molar-refractivity contribution in [3.05, 3.63) is 0 Å². The Morgan fingerprint density at radius 1 is 1.22 bits per heavy atom. The van der Waals surface area contributed by atoms with Crippen LogP contribution in [-0.2, 0) is 14.2 Å². The van der Waals surface area contributed by atoms with E-state index in [9.17, 15) is 9.90 Å². The molecular formula is C12H25NO5. The first kappa shape index (κ1) is 17.2. The van der Waals surface area contributed by atoms with Crippen molar-refractivity contribution in [2.75, 3.05) is 19.8 Å². The first-order valence-electron chi connectivity index (χ1n) is 6.18. The molecule has 0 aliphatic heterocycles. The number of hydrogen-bond donors (Lipinski definition) is 2. The Morgan fingerprint density at radius 2 is 1.72 bits per heavy atom. The third-order valence-corrected chi connectivity index (χ3v) is 1.83. The molecule has 0 bridgehead atoms. The zero-order chi connectivity index (χ0) is 14.2. The van der Waals surface area contributed by atoms with E-state index in [4.69, 9.17) is 14.2 Å². The summed E-state index contributed by atoms with van der Waals surface area (Å²) in [7, 11) is 0. The largest absolute Gasteiger partial charge is 0.444 e. The Labute approximate surface area is 109 Å². The minimum atomic E-state index is -0.933. The lowest BCUT2D eigenvalue weighted by atomic mass is 10.2. The molecule has 6 nitrogen and oxygen atoms in total. The van der Waals surface area contributed by atoms with Gasteiger partial charge < -0.3 is 24.6 Å². The number of carbonyl (C=O) groups is 1. The summed E-state index contributed by atoms with van der Waals surface area (Å²) in [5.74, 6) is 0. The number of carbonyl (C=O) groups excluding carboxylic acids is 1. The van der Waals surface area contributed by atoms with Crippen molar-refractivity contribution >= 4 is 6.09 Å². The molecular weight excluding hydrogens is 238 g/mol. The van der Waals surface area contributed by atoms with Gasteiger partial charge in [0.2, 0.25) is 0 Å². The van der Waals surface area contributed by atoms with Gasteiger partial charge in [0.05, 0.1) is 6.54 Å². The molecule has 0 aliphatic carbocycles. The lowest BCUT2D eigenvalue weighted by Crippen LogP contribution is -2.43. The van der Waals surface area contributed by atoms with Gasteiger partial charge in [-0.3, -0.25) is 0 Å². The van der Waals surface area contributed by atoms with Crippen LogP contribution in [0.4, 0.5) is 4.79 Å². The molecule has 0 spiro atoms. The van der Waals surface area contributed by atoms with E-state index in [2.05, 4.69) is 5.32 Å². The summed E-state index contributed by atoms with van der Waals surface area (Å²) in [4.78, 5) is 11.4. The van der Waals surface area contributed by atoms with E-state index >= 15 is 0 Å². The molecule has 0 unspecified atom stereocenters. The molecule has 1 atom stereocenters. The Morgan fingerprint density at radius 3 is 2.11 bits per heavy atom. The van der Waals surface area contributed by atoms with Crippen LogP contribution in [0.2, 0.25) is 0 Å². The van der Waals surface area contributed by atoms with Crippen LogP contribution in [-0.4, -0.2) is 49.0 Å². The zero-order valence-corrected chi connectivity index (χ0v) is 11.9. The maximum absolute atomic E-state index is 11.4. The number of rotatable bonds is 7. The van der Waals surface area contributed by atoms with E-state index in [1.807, 2.05) is 0 Å². The van der Waals surface area contributed by atoms with Gasteiger partial charge in [-0.1, -0.05) is 0 Å². The van der Waals surface area contributed by atoms with E-state index in [1.165, 1.54) is 0 Å². The summed E-state index contributed by atoms with van der Waals surface area (Å²) in [5, 5.41) is 12.3. The third-order valence-electron chi connectivity index (χ3n) is 1.83. The Hall–Kier alpha value is -0.850. The first-order valence-corrected chi connectivity index (χ1v) is 6.18. The smallest absolute Gasteiger partial charge is 0.407 e. The predicted octanol–water partition coefficient (Wildman–Crippen LogP) is 1.27. The molecule has 6 heteroatoms. The van der Waals surface area contributed by atoms with Crippen molar-refractivity contribution < 1.29 is 24.1 Å². The van der Waals surface area contributed by atoms with E-state index in [1.54, 1.807) is 34.6 Å². The van der Waals surface area contributed by atoms with Gasteiger partial charge >= 0.3 is 6.09 Å². The standard InChI is InChI=1S/C12H25NO5/c1-6-16-10(17-7-2)9(14)8-13-11(15)18-12(3,4)5/h9-10,14H,6-8H2,1-5H3,(H,13,15)/t9-/m0/s1. The molecule has 108 valence electrons. The average Bonchev–Trinajstić information content (AvgIpc) is 2.23. The summed E-state index contributed by atoms with van der Waals surface area (Å²) < 4.78 is 15.5. The zero-order valence-electron chi connectivity index (χ0n) is 11.9. The van der Waals surface area contributed by atoms with Crippen molar-refractivity contribution in [3.63, 3.8) is 0 Å². The van der Waals surface area contributed by atoms with Gasteiger partial charge in [-0.15, -0.1) is 0 Å². The lowest BCUT2D eigenvalue weighted by Gasteiger charge is -2.24. The number of nitrogens with one attached hydrogen (secondary N) is 1. The van der Waals surface area contributed by atoms with Gasteiger partial charge in [0.1, 0.15) is 11.7 Å². The van der Waals surface area contributed by atoms with Crippen LogP contribution in [0.3, 0.4) is 0 Å². The summed E-state index contributed by atoms with van der Waals surface area (Å²) >= 11 is 0. The quantitative estimate of drug-likeness (QED) is 0.676. The lowest BCUT2D eigenvalue weighted by molar-refractivity contribution is -0.187. The fourth-order valence-electron chi connectivity index (χ4n) is 1.20. The summed E-state index contributed by atoms with van der Waals surface area (Å²) in [6.07, 6.45) is -2.25. The molecule has 1 amide bonds. The molecule has 0 heterocycles. The van der Waals surface area contributed by atoms with Crippen molar-refractivity contribution in [1.82, 2.24) is 5.32 Å². The number of hydrogen-bond acceptors (Lipinski definition) is 5. The van der Waals surface area contributed by atoms with Gasteiger partial charge in [0.15, 0.2) is 6.29 Å². The summed E-state index contributed by atoms with van der Waals surface area (Å²) in [5.41, 5.74) is -0.561. The molecule has 0 aromatic rings. The van der Waals surface area contributed by atoms with Gasteiger partial charge in [-0.2, -0.15) is 0 Å². The Bertz CT molecular complexity index is 233. The molecule has 2 N–H and O–H groups in total. The highest BCUT2D eigenvalue weighted by atomic mass is 16.7. The second-order valence-electron chi connectivity index (χ2n) is 4.73. The van der Waals surface area contributed by atoms with E-state index in [0.717, 1.165) is 0 Å². The average molecular weight is 263 g/mol. The van der Waals surface area contributed by atoms with E-state index < -0.39 is 24.1 Å². The van der Waals surface area contributed by atoms with Crippen molar-refractivity contribution in [3.8, 4) is 0 Å². The van der Waals surface area contributed by atoms with Crippen LogP contribution in [0, 0.1) is 0 Å². The molecule has 0 saturated carbocycles. The second kappa shape index (κ2) is 8.29. The minimum absolute atomic E-state index is 0.0135. The van der Waals surface area contributed by atoms with Crippen molar-refractivity contribution in [2.24, 2.45) is 0 Å². The molecule has 18 heavy (non-hydrogen) atoms. The molecule has 0 aromatic heterocycles. The fraction of sp³-hybridized carbons (Fsp3) is 0.917. The van der Waals surface area contributed by atoms with Crippen LogP contribution in [0.1, 0.15) is 34.6 Å². The minimum Gasteiger partial charge on any atom is -0.444 e. The second-order valence-corrected chi connectivity index (χ2v) is 4.73. The Balaban J connectivity index is 4.05. The van der Waals surface area contributed by atoms with Crippen LogP contribution in [0.25, 0.3) is 0 Å². The van der Waals surface area contributed by atoms with E-state index in [-0.39, 0.29) is 6.54 Å². The number of alkyl carbamates (subject to hydrolysis) is 1. The molecule has 0 rings (SSSR count). The molecule has 0 radical (unpaired) electrons. The highest BCUT2D eigenvalue weighted by molar-refractivity contribution is 5.67. The number of aliphatic hydroxyl groups excluding tert-OH is 1. The molecule has 0 aromatic carbocycles. The molecule has 0 fully saturated rings. The number of amides is 1. The van der Waals surface area contributed by atoms with Gasteiger partial charge in [-0.25, -0.2) is 4.79 Å². The number of aliphatic hydroxyl groups is 1. The predicted molar refractivity (Wildman–Crippen MR) is 67.3 cm³/mol. The molecule has 0 saturated heterocycles. The first-order chi connectivity index (χ1) is 8.30. The molecule has 0 aliphatic rings. The monoisotopic (exact) mass is 263 g/mol. The van der Waals surface area contributed by atoms with Crippen molar-refractivity contribution in [1.29, 1.82) is 0 Å². The highest BCUT2D eigenvalue weighted by Crippen LogP contribution is 2.07. The van der Waals surface area contributed by atoms with Crippen LogP contribution in [0.5, 0.6) is 0 Å². The SMILES string of the molecule is CCOC(OCC)[C@@H](O)CNC(=O)OC(C)(C)C. The highest BCUT2D eigenvalue weighted by Gasteiger charge is 2.22. The van der Waals surface area contributed by atoms with Crippen molar-refractivity contribution in [2.45, 2.75) is 52.6 Å². The number of ether oxygens (including phenoxy) is 3. The van der Waals surface area contributed by atoms with Crippen LogP contribution >= 0.6 is 0 Å². The van der Waals surface area contributed by atoms with Crippen LogP contribution < -0.4 is 5.32 Å². The summed E-state index contributed by atoms with van der Waals surface area (Å²) in [6.45, 7) is 9.78. The summed E-state index contributed by atoms with van der Waals surface area (Å²) in [6, 6.07) is 0. The van der Waals surface area contributed by atoms with E-state index in [0.29, 0.717) is 13.2 Å². The topological polar surface area (TPSA) is 77.0 Å². The van der Waals surface area contributed by atoms with Gasteiger partial charge in [0, 0.05) is 13.2 Å². The maximum atomic E-state index is 11.4. The fourth-order valence-corrected chi connectivity index (χ4v) is 1.20. The Kier molecular flexibility index (Phi) is 7.90. The van der Waals surface area contributed by atoms with Gasteiger partial charge in [-0.05, 0) is 34.6 Å².